The third-order valence-electron chi connectivity index (χ3n) is 2.92. The van der Waals surface area contributed by atoms with E-state index in [1.54, 1.807) is 32.0 Å². The van der Waals surface area contributed by atoms with Crippen LogP contribution in [0.5, 0.6) is 5.75 Å². The summed E-state index contributed by atoms with van der Waals surface area (Å²) in [4.78, 5) is 0. The molecule has 1 rings (SSSR count). The standard InChI is InChI=1S/C13H19FO2/c1-9(2)13(4,15)8-16-11-7-5-6-10(3)12(11)14/h5-7,9,15H,8H2,1-4H3. The quantitative estimate of drug-likeness (QED) is 0.855. The van der Waals surface area contributed by atoms with E-state index >= 15 is 0 Å². The van der Waals surface area contributed by atoms with E-state index in [-0.39, 0.29) is 24.1 Å². The molecule has 0 spiro atoms. The Morgan fingerprint density at radius 2 is 2.06 bits per heavy atom. The minimum Gasteiger partial charge on any atom is -0.488 e. The van der Waals surface area contributed by atoms with Crippen molar-refractivity contribution in [3.8, 4) is 5.75 Å². The van der Waals surface area contributed by atoms with Crippen LogP contribution in [0.2, 0.25) is 0 Å². The molecule has 1 aromatic rings. The lowest BCUT2D eigenvalue weighted by atomic mass is 9.94. The highest BCUT2D eigenvalue weighted by Crippen LogP contribution is 2.23. The Morgan fingerprint density at radius 3 is 2.62 bits per heavy atom. The van der Waals surface area contributed by atoms with E-state index in [1.165, 1.54) is 0 Å². The van der Waals surface area contributed by atoms with E-state index in [1.807, 2.05) is 13.8 Å². The summed E-state index contributed by atoms with van der Waals surface area (Å²) in [5, 5.41) is 9.97. The molecule has 1 atom stereocenters. The maximum absolute atomic E-state index is 13.6. The summed E-state index contributed by atoms with van der Waals surface area (Å²) >= 11 is 0. The van der Waals surface area contributed by atoms with E-state index < -0.39 is 5.60 Å². The highest BCUT2D eigenvalue weighted by molar-refractivity contribution is 5.30. The summed E-state index contributed by atoms with van der Waals surface area (Å²) < 4.78 is 18.9. The molecule has 1 unspecified atom stereocenters. The average Bonchev–Trinajstić information content (AvgIpc) is 2.20. The monoisotopic (exact) mass is 226 g/mol. The molecule has 3 heteroatoms. The Labute approximate surface area is 96.1 Å². The second-order valence-electron chi connectivity index (χ2n) is 4.69. The number of hydrogen-bond donors (Lipinski definition) is 1. The van der Waals surface area contributed by atoms with Crippen molar-refractivity contribution >= 4 is 0 Å². The number of benzene rings is 1. The molecule has 0 saturated carbocycles. The van der Waals surface area contributed by atoms with Crippen molar-refractivity contribution < 1.29 is 14.2 Å². The molecule has 0 bridgehead atoms. The van der Waals surface area contributed by atoms with Gasteiger partial charge in [-0.1, -0.05) is 26.0 Å². The fourth-order valence-electron chi connectivity index (χ4n) is 1.12. The largest absolute Gasteiger partial charge is 0.488 e. The first-order valence-corrected chi connectivity index (χ1v) is 5.45. The van der Waals surface area contributed by atoms with Gasteiger partial charge in [-0.2, -0.15) is 0 Å². The average molecular weight is 226 g/mol. The van der Waals surface area contributed by atoms with E-state index in [9.17, 15) is 9.50 Å². The molecule has 1 aromatic carbocycles. The minimum atomic E-state index is -0.948. The van der Waals surface area contributed by atoms with Crippen LogP contribution < -0.4 is 4.74 Å². The third kappa shape index (κ3) is 2.95. The van der Waals surface area contributed by atoms with Gasteiger partial charge in [0.05, 0.1) is 5.60 Å². The fraction of sp³-hybridized carbons (Fsp3) is 0.538. The molecule has 0 fully saturated rings. The maximum atomic E-state index is 13.6. The van der Waals surface area contributed by atoms with Gasteiger partial charge in [-0.15, -0.1) is 0 Å². The van der Waals surface area contributed by atoms with Gasteiger partial charge in [0.15, 0.2) is 11.6 Å². The first-order chi connectivity index (χ1) is 7.34. The van der Waals surface area contributed by atoms with E-state index in [2.05, 4.69) is 0 Å². The first kappa shape index (κ1) is 13.0. The van der Waals surface area contributed by atoms with Crippen LogP contribution in [0.15, 0.2) is 18.2 Å². The van der Waals surface area contributed by atoms with Gasteiger partial charge in [-0.05, 0) is 31.4 Å². The second-order valence-corrected chi connectivity index (χ2v) is 4.69. The lowest BCUT2D eigenvalue weighted by molar-refractivity contribution is -0.0275. The smallest absolute Gasteiger partial charge is 0.167 e. The van der Waals surface area contributed by atoms with Crippen LogP contribution in [0, 0.1) is 18.7 Å². The molecule has 16 heavy (non-hydrogen) atoms. The van der Waals surface area contributed by atoms with Crippen molar-refractivity contribution in [3.63, 3.8) is 0 Å². The van der Waals surface area contributed by atoms with Crippen molar-refractivity contribution in [2.75, 3.05) is 6.61 Å². The Morgan fingerprint density at radius 1 is 1.44 bits per heavy atom. The second kappa shape index (κ2) is 4.83. The Hall–Kier alpha value is -1.09. The van der Waals surface area contributed by atoms with Crippen molar-refractivity contribution in [1.29, 1.82) is 0 Å². The van der Waals surface area contributed by atoms with E-state index in [0.29, 0.717) is 5.56 Å². The highest BCUT2D eigenvalue weighted by Gasteiger charge is 2.26. The van der Waals surface area contributed by atoms with Crippen LogP contribution in [-0.4, -0.2) is 17.3 Å². The van der Waals surface area contributed by atoms with Gasteiger partial charge in [0, 0.05) is 0 Å². The number of rotatable bonds is 4. The lowest BCUT2D eigenvalue weighted by Crippen LogP contribution is -2.37. The molecule has 0 heterocycles. The molecule has 0 saturated heterocycles. The lowest BCUT2D eigenvalue weighted by Gasteiger charge is -2.27. The summed E-state index contributed by atoms with van der Waals surface area (Å²) in [6, 6.07) is 4.99. The number of aliphatic hydroxyl groups is 1. The summed E-state index contributed by atoms with van der Waals surface area (Å²) in [6.45, 7) is 7.26. The number of aryl methyl sites for hydroxylation is 1. The summed E-state index contributed by atoms with van der Waals surface area (Å²) in [5.74, 6) is -0.108. The highest BCUT2D eigenvalue weighted by atomic mass is 19.1. The molecular weight excluding hydrogens is 207 g/mol. The topological polar surface area (TPSA) is 29.5 Å². The van der Waals surface area contributed by atoms with Gasteiger partial charge < -0.3 is 9.84 Å². The van der Waals surface area contributed by atoms with Crippen LogP contribution in [0.4, 0.5) is 4.39 Å². The van der Waals surface area contributed by atoms with Gasteiger partial charge >= 0.3 is 0 Å². The van der Waals surface area contributed by atoms with Crippen LogP contribution >= 0.6 is 0 Å². The molecule has 0 amide bonds. The van der Waals surface area contributed by atoms with Crippen molar-refractivity contribution in [1.82, 2.24) is 0 Å². The van der Waals surface area contributed by atoms with Gasteiger partial charge in [0.25, 0.3) is 0 Å². The first-order valence-electron chi connectivity index (χ1n) is 5.45. The summed E-state index contributed by atoms with van der Waals surface area (Å²) in [7, 11) is 0. The molecule has 0 radical (unpaired) electrons. The summed E-state index contributed by atoms with van der Waals surface area (Å²) in [6.07, 6.45) is 0. The Kier molecular flexibility index (Phi) is 3.92. The normalized spacial score (nSPS) is 14.9. The summed E-state index contributed by atoms with van der Waals surface area (Å²) in [5.41, 5.74) is -0.405. The zero-order valence-corrected chi connectivity index (χ0v) is 10.2. The molecule has 90 valence electrons. The fourth-order valence-corrected chi connectivity index (χ4v) is 1.12. The van der Waals surface area contributed by atoms with Crippen LogP contribution in [0.25, 0.3) is 0 Å². The van der Waals surface area contributed by atoms with Crippen LogP contribution in [0.3, 0.4) is 0 Å². The number of halogens is 1. The zero-order chi connectivity index (χ0) is 12.3. The third-order valence-corrected chi connectivity index (χ3v) is 2.92. The van der Waals surface area contributed by atoms with Crippen molar-refractivity contribution in [3.05, 3.63) is 29.6 Å². The van der Waals surface area contributed by atoms with Gasteiger partial charge in [-0.3, -0.25) is 0 Å². The number of ether oxygens (including phenoxy) is 1. The molecule has 0 aliphatic heterocycles. The van der Waals surface area contributed by atoms with Gasteiger partial charge in [0.1, 0.15) is 6.61 Å². The van der Waals surface area contributed by atoms with E-state index in [4.69, 9.17) is 4.74 Å². The Balaban J connectivity index is 2.72. The zero-order valence-electron chi connectivity index (χ0n) is 10.2. The number of hydrogen-bond acceptors (Lipinski definition) is 2. The predicted molar refractivity (Wildman–Crippen MR) is 62.1 cm³/mol. The predicted octanol–water partition coefficient (Wildman–Crippen LogP) is 2.92. The van der Waals surface area contributed by atoms with Crippen molar-refractivity contribution in [2.45, 2.75) is 33.3 Å². The Bertz CT molecular complexity index is 359. The maximum Gasteiger partial charge on any atom is 0.167 e. The van der Waals surface area contributed by atoms with Gasteiger partial charge in [-0.25, -0.2) is 4.39 Å². The molecule has 1 N–H and O–H groups in total. The van der Waals surface area contributed by atoms with Crippen molar-refractivity contribution in [2.24, 2.45) is 5.92 Å². The molecule has 0 aliphatic rings. The minimum absolute atomic E-state index is 0.0559. The molecule has 0 aliphatic carbocycles. The van der Waals surface area contributed by atoms with Crippen LogP contribution in [0.1, 0.15) is 26.3 Å². The van der Waals surface area contributed by atoms with Crippen LogP contribution in [-0.2, 0) is 0 Å². The molecular formula is C13H19FO2. The SMILES string of the molecule is Cc1cccc(OCC(C)(O)C(C)C)c1F. The van der Waals surface area contributed by atoms with E-state index in [0.717, 1.165) is 0 Å². The molecule has 0 aromatic heterocycles. The molecule has 2 nitrogen and oxygen atoms in total. The van der Waals surface area contributed by atoms with Gasteiger partial charge in [0.2, 0.25) is 0 Å².